The Kier molecular flexibility index (Phi) is 4.88. The smallest absolute Gasteiger partial charge is 0.176 e. The second-order valence-corrected chi connectivity index (χ2v) is 5.70. The van der Waals surface area contributed by atoms with Crippen LogP contribution >= 0.6 is 11.3 Å². The van der Waals surface area contributed by atoms with E-state index in [0.29, 0.717) is 6.54 Å². The number of hydrogen-bond donors (Lipinski definition) is 0. The molecule has 1 heterocycles. The number of nitrogens with zero attached hydrogens (tertiary/aromatic N) is 1. The van der Waals surface area contributed by atoms with E-state index in [1.807, 2.05) is 31.2 Å². The molecule has 0 aliphatic rings. The van der Waals surface area contributed by atoms with Gasteiger partial charge in [0.15, 0.2) is 5.78 Å². The van der Waals surface area contributed by atoms with Crippen molar-refractivity contribution in [3.05, 3.63) is 57.8 Å². The van der Waals surface area contributed by atoms with Gasteiger partial charge in [0.25, 0.3) is 0 Å². The molecule has 2 nitrogen and oxygen atoms in total. The standard InChI is InChI=1S/C16H19NOS/c1-3-17(11-15-5-4-10-19-15)12-16(18)14-8-6-13(2)7-9-14/h4-10H,3,11-12H2,1-2H3. The van der Waals surface area contributed by atoms with Gasteiger partial charge in [-0.1, -0.05) is 42.8 Å². The van der Waals surface area contributed by atoms with Gasteiger partial charge in [0.1, 0.15) is 0 Å². The summed E-state index contributed by atoms with van der Waals surface area (Å²) in [5.41, 5.74) is 1.98. The molecule has 100 valence electrons. The van der Waals surface area contributed by atoms with Gasteiger partial charge in [-0.3, -0.25) is 9.69 Å². The van der Waals surface area contributed by atoms with Crippen LogP contribution in [0, 0.1) is 6.92 Å². The quantitative estimate of drug-likeness (QED) is 0.747. The second kappa shape index (κ2) is 6.64. The molecular formula is C16H19NOS. The normalized spacial score (nSPS) is 10.9. The summed E-state index contributed by atoms with van der Waals surface area (Å²) < 4.78 is 0. The first-order valence-corrected chi connectivity index (χ1v) is 7.41. The molecule has 3 heteroatoms. The third-order valence-electron chi connectivity index (χ3n) is 3.15. The summed E-state index contributed by atoms with van der Waals surface area (Å²) in [6.07, 6.45) is 0. The fourth-order valence-corrected chi connectivity index (χ4v) is 2.68. The van der Waals surface area contributed by atoms with Gasteiger partial charge in [-0.2, -0.15) is 0 Å². The molecule has 0 aliphatic carbocycles. The third kappa shape index (κ3) is 4.01. The monoisotopic (exact) mass is 273 g/mol. The highest BCUT2D eigenvalue weighted by Crippen LogP contribution is 2.12. The maximum absolute atomic E-state index is 12.2. The first kappa shape index (κ1) is 14.0. The minimum absolute atomic E-state index is 0.193. The maximum Gasteiger partial charge on any atom is 0.176 e. The lowest BCUT2D eigenvalue weighted by Crippen LogP contribution is -2.29. The lowest BCUT2D eigenvalue weighted by atomic mass is 10.1. The molecule has 0 spiro atoms. The van der Waals surface area contributed by atoms with Crippen LogP contribution in [0.4, 0.5) is 0 Å². The van der Waals surface area contributed by atoms with E-state index in [4.69, 9.17) is 0 Å². The van der Waals surface area contributed by atoms with E-state index in [9.17, 15) is 4.79 Å². The van der Waals surface area contributed by atoms with Crippen molar-refractivity contribution in [1.82, 2.24) is 4.90 Å². The molecule has 0 saturated carbocycles. The molecule has 0 amide bonds. The van der Waals surface area contributed by atoms with Crippen molar-refractivity contribution >= 4 is 17.1 Å². The highest BCUT2D eigenvalue weighted by atomic mass is 32.1. The van der Waals surface area contributed by atoms with Crippen molar-refractivity contribution in [1.29, 1.82) is 0 Å². The Morgan fingerprint density at radius 2 is 1.95 bits per heavy atom. The predicted molar refractivity (Wildman–Crippen MR) is 80.8 cm³/mol. The van der Waals surface area contributed by atoms with E-state index in [-0.39, 0.29) is 5.78 Å². The molecule has 0 bridgehead atoms. The Labute approximate surface area is 118 Å². The lowest BCUT2D eigenvalue weighted by Gasteiger charge is -2.18. The van der Waals surface area contributed by atoms with Crippen LogP contribution < -0.4 is 0 Å². The van der Waals surface area contributed by atoms with Gasteiger partial charge in [-0.15, -0.1) is 11.3 Å². The van der Waals surface area contributed by atoms with Crippen LogP contribution in [0.3, 0.4) is 0 Å². The molecule has 0 atom stereocenters. The number of carbonyl (C=O) groups excluding carboxylic acids is 1. The topological polar surface area (TPSA) is 20.3 Å². The summed E-state index contributed by atoms with van der Waals surface area (Å²) in [5, 5.41) is 2.07. The van der Waals surface area contributed by atoms with Crippen LogP contribution in [0.1, 0.15) is 27.7 Å². The van der Waals surface area contributed by atoms with Gasteiger partial charge < -0.3 is 0 Å². The number of rotatable bonds is 6. The maximum atomic E-state index is 12.2. The van der Waals surface area contributed by atoms with Crippen LogP contribution in [0.5, 0.6) is 0 Å². The summed E-state index contributed by atoms with van der Waals surface area (Å²) in [6, 6.07) is 12.0. The predicted octanol–water partition coefficient (Wildman–Crippen LogP) is 3.76. The Bertz CT molecular complexity index is 516. The molecule has 2 rings (SSSR count). The molecule has 1 aromatic heterocycles. The van der Waals surface area contributed by atoms with Crippen molar-refractivity contribution < 1.29 is 4.79 Å². The minimum Gasteiger partial charge on any atom is -0.293 e. The number of Topliss-reactive ketones (excluding diaryl/α,β-unsaturated/α-hetero) is 1. The Morgan fingerprint density at radius 3 is 2.53 bits per heavy atom. The van der Waals surface area contributed by atoms with Crippen molar-refractivity contribution in [3.63, 3.8) is 0 Å². The first-order chi connectivity index (χ1) is 9.19. The molecule has 0 N–H and O–H groups in total. The molecule has 0 saturated heterocycles. The zero-order valence-electron chi connectivity index (χ0n) is 11.4. The van der Waals surface area contributed by atoms with Gasteiger partial charge in [-0.05, 0) is 24.9 Å². The van der Waals surface area contributed by atoms with Crippen molar-refractivity contribution in [2.45, 2.75) is 20.4 Å². The number of benzene rings is 1. The average molecular weight is 273 g/mol. The summed E-state index contributed by atoms with van der Waals surface area (Å²) in [6.45, 7) is 6.35. The number of aryl methyl sites for hydroxylation is 1. The minimum atomic E-state index is 0.193. The molecule has 19 heavy (non-hydrogen) atoms. The average Bonchev–Trinajstić information content (AvgIpc) is 2.91. The fourth-order valence-electron chi connectivity index (χ4n) is 1.94. The van der Waals surface area contributed by atoms with Crippen molar-refractivity contribution in [2.75, 3.05) is 13.1 Å². The molecule has 0 unspecified atom stereocenters. The molecular weight excluding hydrogens is 254 g/mol. The fraction of sp³-hybridized carbons (Fsp3) is 0.312. The first-order valence-electron chi connectivity index (χ1n) is 6.53. The summed E-state index contributed by atoms with van der Waals surface area (Å²) in [7, 11) is 0. The number of ketones is 1. The zero-order chi connectivity index (χ0) is 13.7. The Hall–Kier alpha value is -1.45. The van der Waals surface area contributed by atoms with Crippen LogP contribution in [-0.2, 0) is 6.54 Å². The molecule has 2 aromatic rings. The number of likely N-dealkylation sites (N-methyl/N-ethyl adjacent to an activating group) is 1. The molecule has 0 radical (unpaired) electrons. The third-order valence-corrected chi connectivity index (χ3v) is 4.01. The van der Waals surface area contributed by atoms with Gasteiger partial charge in [0.05, 0.1) is 6.54 Å². The van der Waals surface area contributed by atoms with Crippen LogP contribution in [0.25, 0.3) is 0 Å². The van der Waals surface area contributed by atoms with Gasteiger partial charge in [-0.25, -0.2) is 0 Å². The number of thiophene rings is 1. The van der Waals surface area contributed by atoms with Crippen molar-refractivity contribution in [3.8, 4) is 0 Å². The zero-order valence-corrected chi connectivity index (χ0v) is 12.2. The largest absolute Gasteiger partial charge is 0.293 e. The summed E-state index contributed by atoms with van der Waals surface area (Å²) in [4.78, 5) is 15.7. The highest BCUT2D eigenvalue weighted by Gasteiger charge is 2.11. The van der Waals surface area contributed by atoms with E-state index in [1.165, 1.54) is 10.4 Å². The van der Waals surface area contributed by atoms with E-state index >= 15 is 0 Å². The van der Waals surface area contributed by atoms with Crippen LogP contribution in [0.2, 0.25) is 0 Å². The SMILES string of the molecule is CCN(CC(=O)c1ccc(C)cc1)Cc1cccs1. The number of hydrogen-bond acceptors (Lipinski definition) is 3. The number of carbonyl (C=O) groups is 1. The lowest BCUT2D eigenvalue weighted by molar-refractivity contribution is 0.0930. The van der Waals surface area contributed by atoms with Crippen molar-refractivity contribution in [2.24, 2.45) is 0 Å². The summed E-state index contributed by atoms with van der Waals surface area (Å²) in [5.74, 6) is 0.193. The molecule has 0 fully saturated rings. The summed E-state index contributed by atoms with van der Waals surface area (Å²) >= 11 is 1.74. The van der Waals surface area contributed by atoms with E-state index in [2.05, 4.69) is 29.3 Å². The van der Waals surface area contributed by atoms with Crippen LogP contribution in [-0.4, -0.2) is 23.8 Å². The van der Waals surface area contributed by atoms with Gasteiger partial charge in [0.2, 0.25) is 0 Å². The van der Waals surface area contributed by atoms with E-state index in [1.54, 1.807) is 11.3 Å². The van der Waals surface area contributed by atoms with E-state index in [0.717, 1.165) is 18.7 Å². The Balaban J connectivity index is 1.98. The molecule has 1 aromatic carbocycles. The van der Waals surface area contributed by atoms with Crippen LogP contribution in [0.15, 0.2) is 41.8 Å². The van der Waals surface area contributed by atoms with E-state index < -0.39 is 0 Å². The van der Waals surface area contributed by atoms with Gasteiger partial charge >= 0.3 is 0 Å². The Morgan fingerprint density at radius 1 is 1.21 bits per heavy atom. The second-order valence-electron chi connectivity index (χ2n) is 4.67. The molecule has 0 aliphatic heterocycles. The van der Waals surface area contributed by atoms with Gasteiger partial charge in [0, 0.05) is 17.0 Å². The highest BCUT2D eigenvalue weighted by molar-refractivity contribution is 7.09.